The van der Waals surface area contributed by atoms with Crippen LogP contribution >= 0.6 is 11.3 Å². The highest BCUT2D eigenvalue weighted by molar-refractivity contribution is 7.26. The van der Waals surface area contributed by atoms with Crippen LogP contribution in [0.2, 0.25) is 0 Å². The Morgan fingerprint density at radius 3 is 1.55 bits per heavy atom. The molecule has 11 aromatic carbocycles. The number of rotatable bonds is 8. The fraction of sp³-hybridized carbons (Fsp3) is 0.0154. The Kier molecular flexibility index (Phi) is 9.33. The monoisotopic (exact) mass is 869 g/mol. The molecule has 1 aliphatic rings. The molecule has 0 atom stereocenters. The minimum Gasteiger partial charge on any atom is -0.310 e. The van der Waals surface area contributed by atoms with Gasteiger partial charge in [-0.1, -0.05) is 212 Å². The largest absolute Gasteiger partial charge is 0.310 e. The average Bonchev–Trinajstić information content (AvgIpc) is 3.94. The Balaban J connectivity index is 0.970. The minimum atomic E-state index is -0.458. The van der Waals surface area contributed by atoms with Gasteiger partial charge in [-0.3, -0.25) is 0 Å². The fourth-order valence-electron chi connectivity index (χ4n) is 10.9. The van der Waals surface area contributed by atoms with Crippen molar-refractivity contribution in [3.05, 3.63) is 283 Å². The normalized spacial score (nSPS) is 12.6. The Labute approximate surface area is 395 Å². The third kappa shape index (κ3) is 6.37. The molecular formula is C65H43NS. The van der Waals surface area contributed by atoms with Crippen molar-refractivity contribution in [2.24, 2.45) is 0 Å². The number of fused-ring (bicyclic) bond motifs is 7. The highest BCUT2D eigenvalue weighted by atomic mass is 32.1. The summed E-state index contributed by atoms with van der Waals surface area (Å²) in [5.74, 6) is 0. The Bertz CT molecular complexity index is 3740. The summed E-state index contributed by atoms with van der Waals surface area (Å²) in [6, 6.07) is 96.2. The van der Waals surface area contributed by atoms with Crippen molar-refractivity contribution in [3.8, 4) is 44.5 Å². The van der Waals surface area contributed by atoms with E-state index in [0.717, 1.165) is 17.1 Å². The number of hydrogen-bond acceptors (Lipinski definition) is 2. The van der Waals surface area contributed by atoms with Crippen LogP contribution in [-0.4, -0.2) is 0 Å². The molecule has 0 N–H and O–H groups in total. The highest BCUT2D eigenvalue weighted by Crippen LogP contribution is 2.57. The zero-order chi connectivity index (χ0) is 44.3. The van der Waals surface area contributed by atoms with Crippen molar-refractivity contribution < 1.29 is 0 Å². The molecular weight excluding hydrogens is 827 g/mol. The van der Waals surface area contributed by atoms with Crippen LogP contribution in [0.25, 0.3) is 75.5 Å². The van der Waals surface area contributed by atoms with Crippen LogP contribution in [-0.2, 0) is 5.41 Å². The smallest absolute Gasteiger partial charge is 0.0713 e. The molecule has 0 amide bonds. The van der Waals surface area contributed by atoms with Crippen molar-refractivity contribution in [3.63, 3.8) is 0 Å². The van der Waals surface area contributed by atoms with Crippen LogP contribution in [0, 0.1) is 0 Å². The lowest BCUT2D eigenvalue weighted by atomic mass is 9.67. The molecule has 0 radical (unpaired) electrons. The van der Waals surface area contributed by atoms with E-state index in [-0.39, 0.29) is 0 Å². The summed E-state index contributed by atoms with van der Waals surface area (Å²) in [6.45, 7) is 0. The van der Waals surface area contributed by atoms with Crippen molar-refractivity contribution in [2.75, 3.05) is 4.90 Å². The summed E-state index contributed by atoms with van der Waals surface area (Å²) in [5.41, 5.74) is 17.9. The van der Waals surface area contributed by atoms with Crippen LogP contribution in [0.1, 0.15) is 22.3 Å². The van der Waals surface area contributed by atoms with E-state index in [1.54, 1.807) is 0 Å². The van der Waals surface area contributed by atoms with Gasteiger partial charge >= 0.3 is 0 Å². The number of thiophene rings is 1. The van der Waals surface area contributed by atoms with Gasteiger partial charge in [0.05, 0.1) is 11.1 Å². The van der Waals surface area contributed by atoms with E-state index in [0.29, 0.717) is 0 Å². The second-order valence-corrected chi connectivity index (χ2v) is 18.6. The number of nitrogens with zero attached hydrogens (tertiary/aromatic N) is 1. The molecule has 1 heterocycles. The zero-order valence-corrected chi connectivity index (χ0v) is 37.5. The summed E-state index contributed by atoms with van der Waals surface area (Å²) >= 11 is 1.88. The van der Waals surface area contributed by atoms with E-state index in [1.807, 2.05) is 11.3 Å². The molecule has 0 saturated heterocycles. The van der Waals surface area contributed by atoms with Gasteiger partial charge in [-0.15, -0.1) is 11.3 Å². The van der Waals surface area contributed by atoms with Gasteiger partial charge in [-0.2, -0.15) is 0 Å². The van der Waals surface area contributed by atoms with Crippen molar-refractivity contribution in [1.29, 1.82) is 0 Å². The summed E-state index contributed by atoms with van der Waals surface area (Å²) < 4.78 is 2.57. The highest BCUT2D eigenvalue weighted by Gasteiger charge is 2.46. The lowest BCUT2D eigenvalue weighted by Gasteiger charge is -2.34. The first-order valence-corrected chi connectivity index (χ1v) is 23.9. The van der Waals surface area contributed by atoms with Crippen molar-refractivity contribution in [2.45, 2.75) is 5.41 Å². The van der Waals surface area contributed by atoms with E-state index in [2.05, 4.69) is 266 Å². The van der Waals surface area contributed by atoms with E-state index in [4.69, 9.17) is 0 Å². The van der Waals surface area contributed by atoms with Crippen molar-refractivity contribution in [1.82, 2.24) is 0 Å². The summed E-state index contributed by atoms with van der Waals surface area (Å²) in [5, 5.41) is 5.03. The van der Waals surface area contributed by atoms with Gasteiger partial charge in [0.15, 0.2) is 0 Å². The van der Waals surface area contributed by atoms with E-state index < -0.39 is 5.41 Å². The van der Waals surface area contributed by atoms with E-state index in [1.165, 1.54) is 97.7 Å². The van der Waals surface area contributed by atoms with Crippen LogP contribution in [0.5, 0.6) is 0 Å². The van der Waals surface area contributed by atoms with E-state index >= 15 is 0 Å². The van der Waals surface area contributed by atoms with Crippen molar-refractivity contribution >= 4 is 59.3 Å². The second-order valence-electron chi connectivity index (χ2n) is 17.6. The third-order valence-corrected chi connectivity index (χ3v) is 15.2. The van der Waals surface area contributed by atoms with Crippen LogP contribution in [0.4, 0.5) is 17.1 Å². The molecule has 0 saturated carbocycles. The molecule has 0 fully saturated rings. The SMILES string of the molecule is c1ccc(-c2ccc(N(c3ccc(-c4ccc5c(c4)C(c4ccccc4)(c4ccccc4)c4ccccc4-5)cc3)c3ccc(-c4ccc5ccccc5c4)cc3)c3c2sc2ccccc23)cc1. The summed E-state index contributed by atoms with van der Waals surface area (Å²) in [7, 11) is 0. The second kappa shape index (κ2) is 16.0. The topological polar surface area (TPSA) is 3.24 Å². The Hall–Kier alpha value is -8.30. The minimum absolute atomic E-state index is 0.458. The summed E-state index contributed by atoms with van der Waals surface area (Å²) in [4.78, 5) is 2.46. The standard InChI is InChI=1S/C65H43NS/c1-4-17-47(18-5-1)55-40-41-61(63-58-25-13-15-27-62(58)67-64(55)63)66(53-35-30-45(31-36-53)49-29-28-44-16-10-11-19-48(44)42-49)54-37-32-46(33-38-54)50-34-39-57-56-24-12-14-26-59(56)65(60(57)43-50,51-20-6-2-7-21-51)52-22-8-3-9-23-52/h1-43H. The van der Waals surface area contributed by atoms with Crippen LogP contribution in [0.3, 0.4) is 0 Å². The number of benzene rings is 11. The van der Waals surface area contributed by atoms with Gasteiger partial charge in [0.2, 0.25) is 0 Å². The molecule has 1 nitrogen and oxygen atoms in total. The van der Waals surface area contributed by atoms with Crippen LogP contribution in [0.15, 0.2) is 261 Å². The molecule has 1 aromatic heterocycles. The predicted molar refractivity (Wildman–Crippen MR) is 285 cm³/mol. The van der Waals surface area contributed by atoms with Gasteiger partial charge in [-0.05, 0) is 126 Å². The first kappa shape index (κ1) is 39.1. The van der Waals surface area contributed by atoms with Gasteiger partial charge in [0, 0.05) is 31.5 Å². The number of hydrogen-bond donors (Lipinski definition) is 0. The van der Waals surface area contributed by atoms with Gasteiger partial charge in [-0.25, -0.2) is 0 Å². The summed E-state index contributed by atoms with van der Waals surface area (Å²) in [6.07, 6.45) is 0. The molecule has 0 spiro atoms. The van der Waals surface area contributed by atoms with Gasteiger partial charge in [0.25, 0.3) is 0 Å². The van der Waals surface area contributed by atoms with E-state index in [9.17, 15) is 0 Å². The molecule has 0 aliphatic heterocycles. The van der Waals surface area contributed by atoms with Crippen LogP contribution < -0.4 is 4.90 Å². The first-order chi connectivity index (χ1) is 33.2. The molecule has 0 bridgehead atoms. The molecule has 1 aliphatic carbocycles. The molecule has 0 unspecified atom stereocenters. The third-order valence-electron chi connectivity index (χ3n) is 14.0. The average molecular weight is 870 g/mol. The number of anilines is 3. The molecule has 67 heavy (non-hydrogen) atoms. The molecule has 2 heteroatoms. The lowest BCUT2D eigenvalue weighted by Crippen LogP contribution is -2.28. The molecule has 12 aromatic rings. The van der Waals surface area contributed by atoms with Gasteiger partial charge in [0.1, 0.15) is 0 Å². The quantitative estimate of drug-likeness (QED) is 0.147. The lowest BCUT2D eigenvalue weighted by molar-refractivity contribution is 0.769. The molecule has 314 valence electrons. The van der Waals surface area contributed by atoms with Gasteiger partial charge < -0.3 is 4.90 Å². The molecule has 13 rings (SSSR count). The maximum Gasteiger partial charge on any atom is 0.0713 e. The predicted octanol–water partition coefficient (Wildman–Crippen LogP) is 18.0. The zero-order valence-electron chi connectivity index (χ0n) is 36.7. The Morgan fingerprint density at radius 1 is 0.328 bits per heavy atom. The Morgan fingerprint density at radius 2 is 0.851 bits per heavy atom. The maximum atomic E-state index is 2.46. The maximum absolute atomic E-state index is 2.46. The fourth-order valence-corrected chi connectivity index (χ4v) is 12.1. The first-order valence-electron chi connectivity index (χ1n) is 23.1.